The highest BCUT2D eigenvalue weighted by atomic mass is 32.2. The summed E-state index contributed by atoms with van der Waals surface area (Å²) in [5.74, 6) is -2.45. The number of carbonyl (C=O) groups is 2. The minimum Gasteiger partial charge on any atom is -0.352 e. The molecule has 0 saturated heterocycles. The lowest BCUT2D eigenvalue weighted by Crippen LogP contribution is -2.55. The fraction of sp³-hybridized carbons (Fsp3) is 0.333. The van der Waals surface area contributed by atoms with Crippen molar-refractivity contribution < 1.29 is 26.8 Å². The number of benzene rings is 3. The third-order valence-electron chi connectivity index (χ3n) is 6.68. The number of hydrogen-bond acceptors (Lipinski definition) is 4. The highest BCUT2D eigenvalue weighted by molar-refractivity contribution is 7.90. The van der Waals surface area contributed by atoms with Gasteiger partial charge in [0.2, 0.25) is 11.8 Å². The summed E-state index contributed by atoms with van der Waals surface area (Å²) in [6.07, 6.45) is 0.786. The lowest BCUT2D eigenvalue weighted by atomic mass is 10.0. The van der Waals surface area contributed by atoms with Gasteiger partial charge in [0, 0.05) is 33.1 Å². The maximum atomic E-state index is 14.9. The van der Waals surface area contributed by atoms with Crippen LogP contribution in [0, 0.1) is 11.6 Å². The van der Waals surface area contributed by atoms with E-state index in [0.29, 0.717) is 16.3 Å². The molecule has 0 radical (unpaired) electrons. The molecule has 41 heavy (non-hydrogen) atoms. The average molecular weight is 587 g/mol. The smallest absolute Gasteiger partial charge is 0.304 e. The molecule has 2 atom stereocenters. The van der Waals surface area contributed by atoms with Crippen LogP contribution in [0.3, 0.4) is 0 Å². The minimum atomic E-state index is -4.32. The van der Waals surface area contributed by atoms with Gasteiger partial charge in [-0.05, 0) is 48.7 Å². The van der Waals surface area contributed by atoms with Crippen LogP contribution in [0.15, 0.2) is 78.9 Å². The Morgan fingerprint density at radius 1 is 0.878 bits per heavy atom. The van der Waals surface area contributed by atoms with Crippen molar-refractivity contribution in [2.75, 3.05) is 24.9 Å². The van der Waals surface area contributed by atoms with Crippen molar-refractivity contribution in [1.29, 1.82) is 0 Å². The molecule has 0 spiro atoms. The van der Waals surface area contributed by atoms with Gasteiger partial charge in [-0.1, -0.05) is 61.5 Å². The van der Waals surface area contributed by atoms with E-state index in [1.165, 1.54) is 61.5 Å². The van der Waals surface area contributed by atoms with Gasteiger partial charge in [-0.3, -0.25) is 9.59 Å². The van der Waals surface area contributed by atoms with Crippen molar-refractivity contribution in [2.45, 2.75) is 45.3 Å². The van der Waals surface area contributed by atoms with Crippen molar-refractivity contribution in [2.24, 2.45) is 0 Å². The standard InChI is InChI=1S/C30H36F2N4O4S/c1-5-22(2)33-30(38)28(19-23-11-7-6-8-12-23)35(20-24-15-17-25(31)18-16-24)29(37)21-36(41(39,40)34(3)4)27-14-10-9-13-26(27)32/h6-18,22,28H,5,19-21H2,1-4H3,(H,33,38)/t22-,28+/m0/s1. The zero-order valence-corrected chi connectivity index (χ0v) is 24.4. The Balaban J connectivity index is 2.10. The fourth-order valence-electron chi connectivity index (χ4n) is 4.14. The number of rotatable bonds is 13. The van der Waals surface area contributed by atoms with E-state index >= 15 is 0 Å². The highest BCUT2D eigenvalue weighted by Gasteiger charge is 2.35. The molecule has 220 valence electrons. The molecule has 0 bridgehead atoms. The molecule has 3 rings (SSSR count). The zero-order valence-electron chi connectivity index (χ0n) is 23.6. The molecule has 0 saturated carbocycles. The number of nitrogens with one attached hydrogen (secondary N) is 1. The van der Waals surface area contributed by atoms with Crippen molar-refractivity contribution in [3.8, 4) is 0 Å². The van der Waals surface area contributed by atoms with E-state index in [1.807, 2.05) is 44.2 Å². The Morgan fingerprint density at radius 3 is 2.07 bits per heavy atom. The van der Waals surface area contributed by atoms with Crippen molar-refractivity contribution in [3.05, 3.63) is 102 Å². The van der Waals surface area contributed by atoms with Gasteiger partial charge in [-0.25, -0.2) is 13.1 Å². The maximum absolute atomic E-state index is 14.9. The van der Waals surface area contributed by atoms with Gasteiger partial charge in [-0.15, -0.1) is 0 Å². The number of hydrogen-bond donors (Lipinski definition) is 1. The van der Waals surface area contributed by atoms with Crippen LogP contribution in [-0.2, 0) is 32.8 Å². The number of amides is 2. The third kappa shape index (κ3) is 8.34. The van der Waals surface area contributed by atoms with Gasteiger partial charge in [0.1, 0.15) is 24.2 Å². The maximum Gasteiger partial charge on any atom is 0.304 e. The first kappa shape index (κ1) is 31.7. The van der Waals surface area contributed by atoms with Crippen LogP contribution < -0.4 is 9.62 Å². The van der Waals surface area contributed by atoms with Crippen molar-refractivity contribution >= 4 is 27.7 Å². The van der Waals surface area contributed by atoms with Gasteiger partial charge in [0.05, 0.1) is 5.69 Å². The lowest BCUT2D eigenvalue weighted by Gasteiger charge is -2.35. The second-order valence-corrected chi connectivity index (χ2v) is 12.0. The Hall–Kier alpha value is -3.83. The summed E-state index contributed by atoms with van der Waals surface area (Å²) in [5.41, 5.74) is 1.00. The number of halogens is 2. The Morgan fingerprint density at radius 2 is 1.49 bits per heavy atom. The van der Waals surface area contributed by atoms with Gasteiger partial charge in [0.25, 0.3) is 0 Å². The van der Waals surface area contributed by atoms with Crippen molar-refractivity contribution in [3.63, 3.8) is 0 Å². The van der Waals surface area contributed by atoms with E-state index in [1.54, 1.807) is 0 Å². The predicted octanol–water partition coefficient (Wildman–Crippen LogP) is 4.13. The Bertz CT molecular complexity index is 1420. The molecular formula is C30H36F2N4O4S. The Kier molecular flexibility index (Phi) is 11.0. The van der Waals surface area contributed by atoms with E-state index in [4.69, 9.17) is 0 Å². The summed E-state index contributed by atoms with van der Waals surface area (Å²) in [6, 6.07) is 18.6. The summed E-state index contributed by atoms with van der Waals surface area (Å²) in [5, 5.41) is 2.93. The largest absolute Gasteiger partial charge is 0.352 e. The summed E-state index contributed by atoms with van der Waals surface area (Å²) in [6.45, 7) is 2.87. The highest BCUT2D eigenvalue weighted by Crippen LogP contribution is 2.24. The normalized spacial score (nSPS) is 13.0. The van der Waals surface area contributed by atoms with Crippen LogP contribution >= 0.6 is 0 Å². The van der Waals surface area contributed by atoms with Crippen LogP contribution in [0.5, 0.6) is 0 Å². The van der Waals surface area contributed by atoms with Crippen LogP contribution in [-0.4, -0.2) is 62.2 Å². The molecule has 8 nitrogen and oxygen atoms in total. The molecule has 0 heterocycles. The third-order valence-corrected chi connectivity index (χ3v) is 8.48. The van der Waals surface area contributed by atoms with Crippen LogP contribution in [0.4, 0.5) is 14.5 Å². The van der Waals surface area contributed by atoms with Crippen molar-refractivity contribution in [1.82, 2.24) is 14.5 Å². The summed E-state index contributed by atoms with van der Waals surface area (Å²) >= 11 is 0. The summed E-state index contributed by atoms with van der Waals surface area (Å²) < 4.78 is 56.8. The first-order valence-corrected chi connectivity index (χ1v) is 14.7. The molecule has 3 aromatic rings. The van der Waals surface area contributed by atoms with Crippen LogP contribution in [0.25, 0.3) is 0 Å². The summed E-state index contributed by atoms with van der Waals surface area (Å²) in [7, 11) is -1.76. The quantitative estimate of drug-likeness (QED) is 0.326. The van der Waals surface area contributed by atoms with Gasteiger partial charge >= 0.3 is 10.2 Å². The molecule has 0 fully saturated rings. The molecule has 0 unspecified atom stereocenters. The van der Waals surface area contributed by atoms with Gasteiger partial charge < -0.3 is 10.2 Å². The molecule has 0 aliphatic carbocycles. The van der Waals surface area contributed by atoms with E-state index in [2.05, 4.69) is 5.32 Å². The first-order chi connectivity index (χ1) is 19.4. The van der Waals surface area contributed by atoms with Crippen LogP contribution in [0.2, 0.25) is 0 Å². The number of para-hydroxylation sites is 1. The molecule has 3 aromatic carbocycles. The lowest BCUT2D eigenvalue weighted by molar-refractivity contribution is -0.140. The second kappa shape index (κ2) is 14.2. The van der Waals surface area contributed by atoms with E-state index < -0.39 is 46.2 Å². The second-order valence-electron chi connectivity index (χ2n) is 9.92. The summed E-state index contributed by atoms with van der Waals surface area (Å²) in [4.78, 5) is 29.0. The number of anilines is 1. The molecule has 11 heteroatoms. The Labute approximate surface area is 240 Å². The SMILES string of the molecule is CC[C@H](C)NC(=O)[C@@H](Cc1ccccc1)N(Cc1ccc(F)cc1)C(=O)CN(c1ccccc1F)S(=O)(=O)N(C)C. The zero-order chi connectivity index (χ0) is 30.2. The predicted molar refractivity (Wildman–Crippen MR) is 155 cm³/mol. The number of carbonyl (C=O) groups excluding carboxylic acids is 2. The van der Waals surface area contributed by atoms with Gasteiger partial charge in [0.15, 0.2) is 0 Å². The molecule has 0 aliphatic heterocycles. The van der Waals surface area contributed by atoms with Gasteiger partial charge in [-0.2, -0.15) is 12.7 Å². The molecule has 1 N–H and O–H groups in total. The van der Waals surface area contributed by atoms with Crippen LogP contribution in [0.1, 0.15) is 31.4 Å². The average Bonchev–Trinajstić information content (AvgIpc) is 2.95. The topological polar surface area (TPSA) is 90.0 Å². The van der Waals surface area contributed by atoms with E-state index in [0.717, 1.165) is 15.9 Å². The first-order valence-electron chi connectivity index (χ1n) is 13.3. The molecular weight excluding hydrogens is 550 g/mol. The van der Waals surface area contributed by atoms with E-state index in [-0.39, 0.29) is 24.7 Å². The molecule has 0 aliphatic rings. The monoisotopic (exact) mass is 586 g/mol. The number of nitrogens with zero attached hydrogens (tertiary/aromatic N) is 3. The fourth-order valence-corrected chi connectivity index (χ4v) is 5.20. The molecule has 0 aromatic heterocycles. The minimum absolute atomic E-state index is 0.113. The van der Waals surface area contributed by atoms with E-state index in [9.17, 15) is 26.8 Å². The molecule has 2 amide bonds.